The average Bonchev–Trinajstić information content (AvgIpc) is 2.99. The first-order valence-electron chi connectivity index (χ1n) is 6.43. The van der Waals surface area contributed by atoms with Gasteiger partial charge in [0.2, 0.25) is 0 Å². The minimum Gasteiger partial charge on any atom is -0.481 e. The van der Waals surface area contributed by atoms with Crippen LogP contribution in [0.1, 0.15) is 44.9 Å². The van der Waals surface area contributed by atoms with Gasteiger partial charge in [-0.1, -0.05) is 12.8 Å². The van der Waals surface area contributed by atoms with Crippen LogP contribution in [0.4, 0.5) is 0 Å². The lowest BCUT2D eigenvalue weighted by Gasteiger charge is -2.45. The number of rotatable bonds is 4. The summed E-state index contributed by atoms with van der Waals surface area (Å²) in [6.45, 7) is 0. The molecule has 1 N–H and O–H groups in total. The Bertz CT molecular complexity index is 273. The van der Waals surface area contributed by atoms with Gasteiger partial charge in [-0.3, -0.25) is 4.79 Å². The molecule has 2 fully saturated rings. The van der Waals surface area contributed by atoms with E-state index in [9.17, 15) is 4.79 Å². The third kappa shape index (κ3) is 2.40. The molecule has 3 heteroatoms. The maximum atomic E-state index is 11.0. The Morgan fingerprint density at radius 1 is 1.31 bits per heavy atom. The van der Waals surface area contributed by atoms with Crippen LogP contribution in [-0.4, -0.2) is 35.6 Å². The minimum absolute atomic E-state index is 0.0721. The lowest BCUT2D eigenvalue weighted by Crippen LogP contribution is -2.49. The maximum Gasteiger partial charge on any atom is 0.305 e. The predicted octanol–water partition coefficient (Wildman–Crippen LogP) is 2.36. The largest absolute Gasteiger partial charge is 0.481 e. The fourth-order valence-electron chi connectivity index (χ4n) is 3.36. The number of hydrogen-bond acceptors (Lipinski definition) is 2. The number of aliphatic carboxylic acids is 1. The van der Waals surface area contributed by atoms with Crippen molar-refractivity contribution in [3.05, 3.63) is 0 Å². The summed E-state index contributed by atoms with van der Waals surface area (Å²) in [7, 11) is 4.08. The first-order chi connectivity index (χ1) is 7.53. The smallest absolute Gasteiger partial charge is 0.305 e. The zero-order valence-corrected chi connectivity index (χ0v) is 10.4. The standard InChI is InChI=1S/C13H23NO2/c1-14(2)13(9-12(15)16)7-3-4-11(8-13)10-5-6-10/h10-11H,3-9H2,1-2H3,(H,15,16). The van der Waals surface area contributed by atoms with E-state index in [0.29, 0.717) is 6.42 Å². The van der Waals surface area contributed by atoms with E-state index >= 15 is 0 Å². The second kappa shape index (κ2) is 4.36. The number of nitrogens with zero attached hydrogens (tertiary/aromatic N) is 1. The van der Waals surface area contributed by atoms with Gasteiger partial charge in [0, 0.05) is 5.54 Å². The summed E-state index contributed by atoms with van der Waals surface area (Å²) in [4.78, 5) is 13.2. The third-order valence-electron chi connectivity index (χ3n) is 4.58. The molecule has 2 aliphatic rings. The van der Waals surface area contributed by atoms with Crippen LogP contribution in [0, 0.1) is 11.8 Å². The Kier molecular flexibility index (Phi) is 3.24. The van der Waals surface area contributed by atoms with Gasteiger partial charge in [0.1, 0.15) is 0 Å². The topological polar surface area (TPSA) is 40.5 Å². The fraction of sp³-hybridized carbons (Fsp3) is 0.923. The van der Waals surface area contributed by atoms with Crippen LogP contribution in [0.2, 0.25) is 0 Å². The maximum absolute atomic E-state index is 11.0. The highest BCUT2D eigenvalue weighted by molar-refractivity contribution is 5.68. The first-order valence-corrected chi connectivity index (χ1v) is 6.43. The Hall–Kier alpha value is -0.570. The zero-order chi connectivity index (χ0) is 11.8. The van der Waals surface area contributed by atoms with E-state index in [4.69, 9.17) is 5.11 Å². The molecule has 2 rings (SSSR count). The van der Waals surface area contributed by atoms with Gasteiger partial charge in [0.05, 0.1) is 6.42 Å². The summed E-state index contributed by atoms with van der Waals surface area (Å²) in [6.07, 6.45) is 7.73. The minimum atomic E-state index is -0.648. The van der Waals surface area contributed by atoms with E-state index < -0.39 is 5.97 Å². The molecule has 16 heavy (non-hydrogen) atoms. The molecule has 2 atom stereocenters. The van der Waals surface area contributed by atoms with E-state index in [1.54, 1.807) is 0 Å². The number of carboxylic acids is 1. The normalized spacial score (nSPS) is 35.3. The first kappa shape index (κ1) is 11.9. The van der Waals surface area contributed by atoms with E-state index in [2.05, 4.69) is 4.90 Å². The highest BCUT2D eigenvalue weighted by Crippen LogP contribution is 2.48. The highest BCUT2D eigenvalue weighted by Gasteiger charge is 2.44. The summed E-state index contributed by atoms with van der Waals surface area (Å²) in [5.74, 6) is 1.05. The van der Waals surface area contributed by atoms with Crippen molar-refractivity contribution in [3.63, 3.8) is 0 Å². The Balaban J connectivity index is 2.07. The van der Waals surface area contributed by atoms with E-state index in [0.717, 1.165) is 24.7 Å². The van der Waals surface area contributed by atoms with E-state index in [1.807, 2.05) is 14.1 Å². The van der Waals surface area contributed by atoms with E-state index in [1.165, 1.54) is 25.7 Å². The van der Waals surface area contributed by atoms with Crippen LogP contribution in [0.3, 0.4) is 0 Å². The fourth-order valence-corrected chi connectivity index (χ4v) is 3.36. The van der Waals surface area contributed by atoms with Gasteiger partial charge < -0.3 is 10.0 Å². The lowest BCUT2D eigenvalue weighted by molar-refractivity contribution is -0.141. The number of hydrogen-bond donors (Lipinski definition) is 1. The molecule has 3 nitrogen and oxygen atoms in total. The summed E-state index contributed by atoms with van der Waals surface area (Å²) in [6, 6.07) is 0. The molecule has 0 heterocycles. The molecular weight excluding hydrogens is 202 g/mol. The van der Waals surface area contributed by atoms with Crippen LogP contribution in [0.15, 0.2) is 0 Å². The van der Waals surface area contributed by atoms with Crippen molar-refractivity contribution in [1.29, 1.82) is 0 Å². The SMILES string of the molecule is CN(C)C1(CC(=O)O)CCCC(C2CC2)C1. The molecule has 0 aromatic heterocycles. The Labute approximate surface area is 97.8 Å². The quantitative estimate of drug-likeness (QED) is 0.798. The molecule has 2 aliphatic carbocycles. The van der Waals surface area contributed by atoms with Crippen molar-refractivity contribution in [2.24, 2.45) is 11.8 Å². The highest BCUT2D eigenvalue weighted by atomic mass is 16.4. The molecule has 92 valence electrons. The van der Waals surface area contributed by atoms with Crippen molar-refractivity contribution >= 4 is 5.97 Å². The van der Waals surface area contributed by atoms with Gasteiger partial charge in [0.25, 0.3) is 0 Å². The van der Waals surface area contributed by atoms with Gasteiger partial charge in [0.15, 0.2) is 0 Å². The van der Waals surface area contributed by atoms with Crippen molar-refractivity contribution in [2.45, 2.75) is 50.5 Å². The van der Waals surface area contributed by atoms with Crippen LogP contribution in [0.25, 0.3) is 0 Å². The molecule has 0 aliphatic heterocycles. The van der Waals surface area contributed by atoms with Gasteiger partial charge in [-0.2, -0.15) is 0 Å². The zero-order valence-electron chi connectivity index (χ0n) is 10.4. The molecule has 0 aromatic carbocycles. The van der Waals surface area contributed by atoms with Crippen LogP contribution >= 0.6 is 0 Å². The molecule has 0 radical (unpaired) electrons. The summed E-state index contributed by atoms with van der Waals surface area (Å²) in [5, 5.41) is 9.09. The molecule has 0 bridgehead atoms. The molecule has 0 aromatic rings. The second-order valence-corrected chi connectivity index (χ2v) is 5.88. The van der Waals surface area contributed by atoms with Gasteiger partial charge in [-0.25, -0.2) is 0 Å². The molecule has 0 spiro atoms. The average molecular weight is 225 g/mol. The van der Waals surface area contributed by atoms with Crippen LogP contribution in [0.5, 0.6) is 0 Å². The van der Waals surface area contributed by atoms with E-state index in [-0.39, 0.29) is 5.54 Å². The molecular formula is C13H23NO2. The van der Waals surface area contributed by atoms with Crippen molar-refractivity contribution < 1.29 is 9.90 Å². The third-order valence-corrected chi connectivity index (χ3v) is 4.58. The molecule has 0 saturated heterocycles. The second-order valence-electron chi connectivity index (χ2n) is 5.88. The Morgan fingerprint density at radius 2 is 2.00 bits per heavy atom. The van der Waals surface area contributed by atoms with Crippen molar-refractivity contribution in [3.8, 4) is 0 Å². The van der Waals surface area contributed by atoms with Crippen molar-refractivity contribution in [1.82, 2.24) is 4.90 Å². The van der Waals surface area contributed by atoms with Crippen LogP contribution in [-0.2, 0) is 4.79 Å². The number of carboxylic acid groups (broad SMARTS) is 1. The predicted molar refractivity (Wildman–Crippen MR) is 63.4 cm³/mol. The van der Waals surface area contributed by atoms with Crippen molar-refractivity contribution in [2.75, 3.05) is 14.1 Å². The molecule has 0 amide bonds. The molecule has 2 saturated carbocycles. The Morgan fingerprint density at radius 3 is 2.50 bits per heavy atom. The summed E-state index contributed by atoms with van der Waals surface area (Å²) >= 11 is 0. The summed E-state index contributed by atoms with van der Waals surface area (Å²) < 4.78 is 0. The van der Waals surface area contributed by atoms with Gasteiger partial charge >= 0.3 is 5.97 Å². The molecule has 2 unspecified atom stereocenters. The lowest BCUT2D eigenvalue weighted by atomic mass is 9.71. The monoisotopic (exact) mass is 225 g/mol. The summed E-state index contributed by atoms with van der Waals surface area (Å²) in [5.41, 5.74) is -0.0721. The van der Waals surface area contributed by atoms with Gasteiger partial charge in [-0.05, 0) is 51.6 Å². The van der Waals surface area contributed by atoms with Gasteiger partial charge in [-0.15, -0.1) is 0 Å². The van der Waals surface area contributed by atoms with Crippen LogP contribution < -0.4 is 0 Å². The number of carbonyl (C=O) groups is 1.